The highest BCUT2D eigenvalue weighted by atomic mass is 16.5. The molecule has 0 atom stereocenters. The molecule has 0 saturated heterocycles. The summed E-state index contributed by atoms with van der Waals surface area (Å²) in [6.07, 6.45) is 1.57. The Kier molecular flexibility index (Phi) is 4.72. The van der Waals surface area contributed by atoms with Crippen LogP contribution in [0.4, 0.5) is 0 Å². The molecule has 0 radical (unpaired) electrons. The first-order valence-corrected chi connectivity index (χ1v) is 7.62. The SMILES string of the molecule is COc1ccc2ccccc2c1/C=N\NC(=O)c1ccc(C#N)cc1. The highest BCUT2D eigenvalue weighted by Crippen LogP contribution is 2.26. The zero-order valence-corrected chi connectivity index (χ0v) is 13.6. The van der Waals surface area contributed by atoms with Crippen LogP contribution in [-0.4, -0.2) is 19.2 Å². The molecule has 0 aliphatic heterocycles. The van der Waals surface area contributed by atoms with Crippen LogP contribution < -0.4 is 10.2 Å². The molecule has 3 rings (SSSR count). The molecule has 5 heteroatoms. The number of nitrogens with one attached hydrogen (secondary N) is 1. The molecule has 122 valence electrons. The van der Waals surface area contributed by atoms with Crippen LogP contribution in [0.1, 0.15) is 21.5 Å². The smallest absolute Gasteiger partial charge is 0.271 e. The number of nitrogens with zero attached hydrogens (tertiary/aromatic N) is 2. The van der Waals surface area contributed by atoms with E-state index in [1.54, 1.807) is 37.6 Å². The molecule has 0 heterocycles. The van der Waals surface area contributed by atoms with Crippen LogP contribution in [0, 0.1) is 11.3 Å². The average molecular weight is 329 g/mol. The van der Waals surface area contributed by atoms with Gasteiger partial charge in [0.2, 0.25) is 0 Å². The van der Waals surface area contributed by atoms with E-state index in [0.29, 0.717) is 16.9 Å². The van der Waals surface area contributed by atoms with Gasteiger partial charge in [-0.2, -0.15) is 10.4 Å². The van der Waals surface area contributed by atoms with Crippen LogP contribution in [0.3, 0.4) is 0 Å². The van der Waals surface area contributed by atoms with E-state index in [9.17, 15) is 4.79 Å². The van der Waals surface area contributed by atoms with E-state index in [4.69, 9.17) is 10.00 Å². The summed E-state index contributed by atoms with van der Waals surface area (Å²) in [7, 11) is 1.59. The normalized spacial score (nSPS) is 10.6. The second kappa shape index (κ2) is 7.28. The Hall–Kier alpha value is -3.65. The lowest BCUT2D eigenvalue weighted by atomic mass is 10.0. The van der Waals surface area contributed by atoms with Crippen molar-refractivity contribution in [3.63, 3.8) is 0 Å². The average Bonchev–Trinajstić information content (AvgIpc) is 2.68. The fourth-order valence-electron chi connectivity index (χ4n) is 2.50. The molecular formula is C20H15N3O2. The summed E-state index contributed by atoms with van der Waals surface area (Å²) in [5.41, 5.74) is 4.22. The summed E-state index contributed by atoms with van der Waals surface area (Å²) < 4.78 is 5.39. The number of hydrogen-bond donors (Lipinski definition) is 1. The number of carbonyl (C=O) groups excluding carboxylic acids is 1. The van der Waals surface area contributed by atoms with Crippen molar-refractivity contribution in [1.82, 2.24) is 5.43 Å². The minimum atomic E-state index is -0.347. The van der Waals surface area contributed by atoms with E-state index in [1.165, 1.54) is 0 Å². The quantitative estimate of drug-likeness (QED) is 0.588. The van der Waals surface area contributed by atoms with Crippen molar-refractivity contribution in [3.8, 4) is 11.8 Å². The van der Waals surface area contributed by atoms with Gasteiger partial charge in [0.05, 0.1) is 25.0 Å². The zero-order valence-electron chi connectivity index (χ0n) is 13.6. The standard InChI is InChI=1S/C20H15N3O2/c1-25-19-11-10-15-4-2-3-5-17(15)18(19)13-22-23-20(24)16-8-6-14(12-21)7-9-16/h2-11,13H,1H3,(H,23,24)/b22-13-. The van der Waals surface area contributed by atoms with E-state index in [0.717, 1.165) is 16.3 Å². The number of fused-ring (bicyclic) bond motifs is 1. The van der Waals surface area contributed by atoms with E-state index in [1.807, 2.05) is 42.5 Å². The van der Waals surface area contributed by atoms with E-state index in [-0.39, 0.29) is 5.91 Å². The highest BCUT2D eigenvalue weighted by Gasteiger charge is 2.07. The van der Waals surface area contributed by atoms with Crippen molar-refractivity contribution in [1.29, 1.82) is 5.26 Å². The fraction of sp³-hybridized carbons (Fsp3) is 0.0500. The Morgan fingerprint density at radius 2 is 1.88 bits per heavy atom. The summed E-state index contributed by atoms with van der Waals surface area (Å²) in [5.74, 6) is 0.329. The largest absolute Gasteiger partial charge is 0.496 e. The number of benzene rings is 3. The second-order valence-electron chi connectivity index (χ2n) is 5.29. The Bertz CT molecular complexity index is 986. The third-order valence-electron chi connectivity index (χ3n) is 3.79. The number of methoxy groups -OCH3 is 1. The first kappa shape index (κ1) is 16.2. The minimum Gasteiger partial charge on any atom is -0.496 e. The number of carbonyl (C=O) groups is 1. The number of ether oxygens (including phenoxy) is 1. The third-order valence-corrected chi connectivity index (χ3v) is 3.79. The molecule has 1 N–H and O–H groups in total. The molecule has 0 saturated carbocycles. The van der Waals surface area contributed by atoms with E-state index < -0.39 is 0 Å². The van der Waals surface area contributed by atoms with Crippen LogP contribution in [0.25, 0.3) is 10.8 Å². The van der Waals surface area contributed by atoms with Gasteiger partial charge >= 0.3 is 0 Å². The predicted molar refractivity (Wildman–Crippen MR) is 96.7 cm³/mol. The zero-order chi connectivity index (χ0) is 17.6. The molecule has 25 heavy (non-hydrogen) atoms. The van der Waals surface area contributed by atoms with Gasteiger partial charge in [-0.25, -0.2) is 5.43 Å². The lowest BCUT2D eigenvalue weighted by Crippen LogP contribution is -2.17. The summed E-state index contributed by atoms with van der Waals surface area (Å²) >= 11 is 0. The van der Waals surface area contributed by atoms with Crippen molar-refractivity contribution in [3.05, 3.63) is 77.4 Å². The molecule has 0 aromatic heterocycles. The lowest BCUT2D eigenvalue weighted by molar-refractivity contribution is 0.0955. The number of amides is 1. The number of nitriles is 1. The maximum absolute atomic E-state index is 12.1. The first-order chi connectivity index (χ1) is 12.2. The molecule has 0 aliphatic rings. The van der Waals surface area contributed by atoms with Gasteiger partial charge in [-0.05, 0) is 41.1 Å². The number of hydrazone groups is 1. The molecule has 3 aromatic rings. The molecule has 3 aromatic carbocycles. The highest BCUT2D eigenvalue weighted by molar-refractivity contribution is 6.03. The third kappa shape index (κ3) is 3.48. The van der Waals surface area contributed by atoms with Crippen molar-refractivity contribution in [2.24, 2.45) is 5.10 Å². The van der Waals surface area contributed by atoms with Gasteiger partial charge < -0.3 is 4.74 Å². The Morgan fingerprint density at radius 1 is 1.12 bits per heavy atom. The Morgan fingerprint density at radius 3 is 2.60 bits per heavy atom. The van der Waals surface area contributed by atoms with Crippen LogP contribution in [0.5, 0.6) is 5.75 Å². The van der Waals surface area contributed by atoms with Gasteiger partial charge in [0.1, 0.15) is 5.75 Å². The minimum absolute atomic E-state index is 0.347. The predicted octanol–water partition coefficient (Wildman–Crippen LogP) is 3.48. The van der Waals surface area contributed by atoms with Crippen LogP contribution in [0.15, 0.2) is 65.8 Å². The Balaban J connectivity index is 1.83. The molecule has 5 nitrogen and oxygen atoms in total. The first-order valence-electron chi connectivity index (χ1n) is 7.62. The second-order valence-corrected chi connectivity index (χ2v) is 5.29. The summed E-state index contributed by atoms with van der Waals surface area (Å²) in [6, 6.07) is 20.1. The number of hydrogen-bond acceptors (Lipinski definition) is 4. The maximum Gasteiger partial charge on any atom is 0.271 e. The summed E-state index contributed by atoms with van der Waals surface area (Å²) in [5, 5.41) is 14.9. The molecular weight excluding hydrogens is 314 g/mol. The van der Waals surface area contributed by atoms with E-state index in [2.05, 4.69) is 10.5 Å². The molecule has 1 amide bonds. The van der Waals surface area contributed by atoms with Crippen molar-refractivity contribution in [2.45, 2.75) is 0 Å². The van der Waals surface area contributed by atoms with Crippen LogP contribution in [0.2, 0.25) is 0 Å². The molecule has 0 aliphatic carbocycles. The molecule has 0 bridgehead atoms. The molecule has 0 fully saturated rings. The van der Waals surface area contributed by atoms with Crippen molar-refractivity contribution < 1.29 is 9.53 Å². The van der Waals surface area contributed by atoms with Gasteiger partial charge in [-0.3, -0.25) is 4.79 Å². The van der Waals surface area contributed by atoms with Gasteiger partial charge in [-0.15, -0.1) is 0 Å². The molecule has 0 unspecified atom stereocenters. The van der Waals surface area contributed by atoms with E-state index >= 15 is 0 Å². The number of rotatable bonds is 4. The van der Waals surface area contributed by atoms with Crippen LogP contribution in [-0.2, 0) is 0 Å². The fourth-order valence-corrected chi connectivity index (χ4v) is 2.50. The molecule has 0 spiro atoms. The Labute approximate surface area is 145 Å². The van der Waals surface area contributed by atoms with Gasteiger partial charge in [0.25, 0.3) is 5.91 Å². The summed E-state index contributed by atoms with van der Waals surface area (Å²) in [4.78, 5) is 12.1. The van der Waals surface area contributed by atoms with Gasteiger partial charge in [-0.1, -0.05) is 30.3 Å². The topological polar surface area (TPSA) is 74.5 Å². The van der Waals surface area contributed by atoms with Gasteiger partial charge in [0.15, 0.2) is 0 Å². The lowest BCUT2D eigenvalue weighted by Gasteiger charge is -2.08. The van der Waals surface area contributed by atoms with Crippen molar-refractivity contribution >= 4 is 22.9 Å². The van der Waals surface area contributed by atoms with Crippen molar-refractivity contribution in [2.75, 3.05) is 7.11 Å². The monoisotopic (exact) mass is 329 g/mol. The maximum atomic E-state index is 12.1. The van der Waals surface area contributed by atoms with Gasteiger partial charge in [0, 0.05) is 11.1 Å². The summed E-state index contributed by atoms with van der Waals surface area (Å²) in [6.45, 7) is 0. The van der Waals surface area contributed by atoms with Crippen LogP contribution >= 0.6 is 0 Å².